The summed E-state index contributed by atoms with van der Waals surface area (Å²) in [7, 11) is 3.06. The number of urea groups is 1. The molecule has 0 aromatic heterocycles. The molecular formula is C22H24N2O6. The molecule has 0 spiro atoms. The Kier molecular flexibility index (Phi) is 6.79. The number of nitrogens with one attached hydrogen (secondary N) is 2. The topological polar surface area (TPSA) is 95.1 Å². The maximum Gasteiger partial charge on any atom is 0.338 e. The third kappa shape index (κ3) is 4.83. The van der Waals surface area contributed by atoms with Crippen molar-refractivity contribution in [1.29, 1.82) is 0 Å². The normalized spacial score (nSPS) is 15.7. The number of carbonyl (C=O) groups excluding carboxylic acids is 2. The Hall–Kier alpha value is -3.68. The molecule has 1 aliphatic rings. The zero-order valence-corrected chi connectivity index (χ0v) is 17.1. The van der Waals surface area contributed by atoms with E-state index in [9.17, 15) is 9.59 Å². The molecule has 3 rings (SSSR count). The second kappa shape index (κ2) is 9.69. The highest BCUT2D eigenvalue weighted by Gasteiger charge is 2.34. The van der Waals surface area contributed by atoms with Crippen molar-refractivity contribution in [2.24, 2.45) is 0 Å². The Morgan fingerprint density at radius 3 is 2.47 bits per heavy atom. The summed E-state index contributed by atoms with van der Waals surface area (Å²) in [5, 5.41) is 5.38. The van der Waals surface area contributed by atoms with Crippen LogP contribution in [-0.2, 0) is 9.53 Å². The van der Waals surface area contributed by atoms with Crippen molar-refractivity contribution in [2.45, 2.75) is 13.0 Å². The van der Waals surface area contributed by atoms with Crippen molar-refractivity contribution in [3.8, 4) is 17.2 Å². The van der Waals surface area contributed by atoms with Gasteiger partial charge >= 0.3 is 12.0 Å². The zero-order valence-electron chi connectivity index (χ0n) is 17.1. The molecule has 0 fully saturated rings. The van der Waals surface area contributed by atoms with Crippen LogP contribution < -0.4 is 24.8 Å². The van der Waals surface area contributed by atoms with Gasteiger partial charge in [0.15, 0.2) is 0 Å². The van der Waals surface area contributed by atoms with Crippen molar-refractivity contribution >= 4 is 12.0 Å². The number of rotatable bonds is 8. The van der Waals surface area contributed by atoms with E-state index in [1.807, 2.05) is 30.3 Å². The summed E-state index contributed by atoms with van der Waals surface area (Å²) in [6.07, 6.45) is 0. The van der Waals surface area contributed by atoms with Crippen LogP contribution >= 0.6 is 0 Å². The minimum Gasteiger partial charge on any atom is -0.497 e. The summed E-state index contributed by atoms with van der Waals surface area (Å²) in [6.45, 7) is 1.92. The molecule has 158 valence electrons. The molecule has 0 saturated carbocycles. The molecule has 0 saturated heterocycles. The molecule has 2 amide bonds. The lowest BCUT2D eigenvalue weighted by molar-refractivity contribution is -0.140. The third-order valence-corrected chi connectivity index (χ3v) is 4.57. The summed E-state index contributed by atoms with van der Waals surface area (Å²) in [6, 6.07) is 13.3. The highest BCUT2D eigenvalue weighted by molar-refractivity contribution is 5.95. The van der Waals surface area contributed by atoms with E-state index in [4.69, 9.17) is 18.9 Å². The van der Waals surface area contributed by atoms with Gasteiger partial charge in [-0.25, -0.2) is 9.59 Å². The van der Waals surface area contributed by atoms with Crippen LogP contribution in [0.15, 0.2) is 59.8 Å². The van der Waals surface area contributed by atoms with E-state index >= 15 is 0 Å². The lowest BCUT2D eigenvalue weighted by atomic mass is 9.94. The number of carbonyl (C=O) groups is 2. The van der Waals surface area contributed by atoms with Gasteiger partial charge in [-0.2, -0.15) is 0 Å². The van der Waals surface area contributed by atoms with Gasteiger partial charge in [0.25, 0.3) is 0 Å². The van der Waals surface area contributed by atoms with Crippen LogP contribution in [0.25, 0.3) is 0 Å². The van der Waals surface area contributed by atoms with Crippen molar-refractivity contribution in [1.82, 2.24) is 10.6 Å². The lowest BCUT2D eigenvalue weighted by Gasteiger charge is -2.29. The Morgan fingerprint density at radius 2 is 1.77 bits per heavy atom. The van der Waals surface area contributed by atoms with Crippen LogP contribution in [0.2, 0.25) is 0 Å². The van der Waals surface area contributed by atoms with E-state index in [0.717, 1.165) is 0 Å². The smallest absolute Gasteiger partial charge is 0.338 e. The first kappa shape index (κ1) is 21.0. The molecule has 0 aliphatic carbocycles. The Morgan fingerprint density at radius 1 is 1.00 bits per heavy atom. The number of hydrogen-bond acceptors (Lipinski definition) is 6. The molecule has 1 atom stereocenters. The quantitative estimate of drug-likeness (QED) is 0.511. The molecule has 8 nitrogen and oxygen atoms in total. The van der Waals surface area contributed by atoms with E-state index in [1.165, 1.54) is 7.11 Å². The van der Waals surface area contributed by atoms with Gasteiger partial charge in [0.1, 0.15) is 30.5 Å². The van der Waals surface area contributed by atoms with Gasteiger partial charge in [0.2, 0.25) is 0 Å². The van der Waals surface area contributed by atoms with Crippen LogP contribution in [0.3, 0.4) is 0 Å². The molecular weight excluding hydrogens is 388 g/mol. The van der Waals surface area contributed by atoms with Crippen LogP contribution in [0.1, 0.15) is 18.5 Å². The number of ether oxygens (including phenoxy) is 4. The number of amides is 2. The molecule has 2 N–H and O–H groups in total. The van der Waals surface area contributed by atoms with Crippen LogP contribution in [0.4, 0.5) is 4.79 Å². The van der Waals surface area contributed by atoms with E-state index < -0.39 is 18.0 Å². The maximum atomic E-state index is 12.8. The second-order valence-electron chi connectivity index (χ2n) is 6.48. The van der Waals surface area contributed by atoms with Crippen LogP contribution in [0.5, 0.6) is 17.2 Å². The average Bonchev–Trinajstić information content (AvgIpc) is 2.76. The lowest BCUT2D eigenvalue weighted by Crippen LogP contribution is -2.45. The fraction of sp³-hybridized carbons (Fsp3) is 0.273. The first-order valence-corrected chi connectivity index (χ1v) is 9.38. The number of hydrogen-bond donors (Lipinski definition) is 2. The molecule has 1 heterocycles. The molecule has 1 aliphatic heterocycles. The molecule has 0 unspecified atom stereocenters. The fourth-order valence-corrected chi connectivity index (χ4v) is 3.14. The first-order valence-electron chi connectivity index (χ1n) is 9.38. The number of para-hydroxylation sites is 1. The summed E-state index contributed by atoms with van der Waals surface area (Å²) < 4.78 is 21.6. The molecule has 2 aromatic carbocycles. The van der Waals surface area contributed by atoms with E-state index in [-0.39, 0.29) is 18.8 Å². The molecule has 2 aromatic rings. The van der Waals surface area contributed by atoms with Crippen LogP contribution in [-0.4, -0.2) is 39.4 Å². The van der Waals surface area contributed by atoms with Crippen LogP contribution in [0, 0.1) is 0 Å². The highest BCUT2D eigenvalue weighted by Crippen LogP contribution is 2.35. The van der Waals surface area contributed by atoms with Gasteiger partial charge in [0, 0.05) is 17.3 Å². The average molecular weight is 412 g/mol. The van der Waals surface area contributed by atoms with Gasteiger partial charge < -0.3 is 29.6 Å². The Labute approximate surface area is 174 Å². The summed E-state index contributed by atoms with van der Waals surface area (Å²) >= 11 is 0. The molecule has 8 heteroatoms. The first-order chi connectivity index (χ1) is 14.5. The minimum absolute atomic E-state index is 0.0604. The van der Waals surface area contributed by atoms with Gasteiger partial charge in [-0.05, 0) is 31.2 Å². The Bertz CT molecular complexity index is 942. The van der Waals surface area contributed by atoms with E-state index in [0.29, 0.717) is 28.5 Å². The Balaban J connectivity index is 1.75. The van der Waals surface area contributed by atoms with Gasteiger partial charge in [-0.1, -0.05) is 18.2 Å². The molecule has 0 radical (unpaired) electrons. The largest absolute Gasteiger partial charge is 0.497 e. The van der Waals surface area contributed by atoms with E-state index in [2.05, 4.69) is 10.6 Å². The standard InChI is InChI=1S/C22H24N2O6/c1-14-19(21(25)30-12-11-29-15-7-5-4-6-8-15)20(24-22(26)23-14)17-10-9-16(27-2)13-18(17)28-3/h4-10,13,20H,11-12H2,1-3H3,(H2,23,24,26)/t20-/m1/s1. The van der Waals surface area contributed by atoms with Crippen molar-refractivity contribution in [3.05, 3.63) is 65.4 Å². The SMILES string of the molecule is COc1ccc([C@H]2NC(=O)NC(C)=C2C(=O)OCCOc2ccccc2)c(OC)c1. The summed E-state index contributed by atoms with van der Waals surface area (Å²) in [5.74, 6) is 1.21. The number of methoxy groups -OCH3 is 2. The number of benzene rings is 2. The fourth-order valence-electron chi connectivity index (χ4n) is 3.14. The van der Waals surface area contributed by atoms with Gasteiger partial charge in [0.05, 0.1) is 25.8 Å². The minimum atomic E-state index is -0.734. The second-order valence-corrected chi connectivity index (χ2v) is 6.48. The summed E-state index contributed by atoms with van der Waals surface area (Å²) in [4.78, 5) is 24.9. The van der Waals surface area contributed by atoms with Crippen molar-refractivity contribution < 1.29 is 28.5 Å². The van der Waals surface area contributed by atoms with Gasteiger partial charge in [-0.3, -0.25) is 0 Å². The van der Waals surface area contributed by atoms with Gasteiger partial charge in [-0.15, -0.1) is 0 Å². The number of allylic oxidation sites excluding steroid dienone is 1. The summed E-state index contributed by atoms with van der Waals surface area (Å²) in [5.41, 5.74) is 1.31. The van der Waals surface area contributed by atoms with Crippen molar-refractivity contribution in [3.63, 3.8) is 0 Å². The molecule has 30 heavy (non-hydrogen) atoms. The van der Waals surface area contributed by atoms with E-state index in [1.54, 1.807) is 32.2 Å². The van der Waals surface area contributed by atoms with Crippen molar-refractivity contribution in [2.75, 3.05) is 27.4 Å². The monoisotopic (exact) mass is 412 g/mol. The predicted octanol–water partition coefficient (Wildman–Crippen LogP) is 2.95. The third-order valence-electron chi connectivity index (χ3n) is 4.57. The maximum absolute atomic E-state index is 12.8. The zero-order chi connectivity index (χ0) is 21.5. The predicted molar refractivity (Wildman–Crippen MR) is 110 cm³/mol. The highest BCUT2D eigenvalue weighted by atomic mass is 16.6. The number of esters is 1. The molecule has 0 bridgehead atoms.